The van der Waals surface area contributed by atoms with Crippen LogP contribution in [0.15, 0.2) is 30.6 Å². The first-order valence-corrected chi connectivity index (χ1v) is 10.4. The molecule has 0 radical (unpaired) electrons. The second-order valence-electron chi connectivity index (χ2n) is 7.71. The molecule has 2 fully saturated rings. The molecule has 6 nitrogen and oxygen atoms in total. The fourth-order valence-corrected chi connectivity index (χ4v) is 4.25. The van der Waals surface area contributed by atoms with Gasteiger partial charge in [-0.3, -0.25) is 9.63 Å². The van der Waals surface area contributed by atoms with Gasteiger partial charge in [0.05, 0.1) is 19.3 Å². The van der Waals surface area contributed by atoms with Gasteiger partial charge in [-0.2, -0.15) is 0 Å². The van der Waals surface area contributed by atoms with Crippen LogP contribution in [0.4, 0.5) is 8.78 Å². The zero-order valence-corrected chi connectivity index (χ0v) is 17.0. The van der Waals surface area contributed by atoms with Crippen LogP contribution in [0.1, 0.15) is 43.7 Å². The summed E-state index contributed by atoms with van der Waals surface area (Å²) in [5.74, 6) is -0.860. The van der Waals surface area contributed by atoms with Crippen LogP contribution in [-0.4, -0.2) is 34.2 Å². The topological polar surface area (TPSA) is 64.5 Å². The largest absolute Gasteiger partial charge is 0.477 e. The highest BCUT2D eigenvalue weighted by Gasteiger charge is 2.37. The summed E-state index contributed by atoms with van der Waals surface area (Å²) in [7, 11) is 0. The number of benzene rings is 1. The Hall–Kier alpha value is -2.32. The SMILES string of the molecule is O=C(C1CCC(COc2cc(Cl)ncn2)CC1)N1OCC[C@H]1c1cc(F)cc(F)c1. The summed E-state index contributed by atoms with van der Waals surface area (Å²) < 4.78 is 32.9. The summed E-state index contributed by atoms with van der Waals surface area (Å²) in [6, 6.07) is 4.44. The van der Waals surface area contributed by atoms with Gasteiger partial charge in [-0.1, -0.05) is 11.6 Å². The Morgan fingerprint density at radius 1 is 1.10 bits per heavy atom. The zero-order valence-electron chi connectivity index (χ0n) is 16.3. The maximum atomic E-state index is 13.6. The van der Waals surface area contributed by atoms with Gasteiger partial charge in [0.1, 0.15) is 23.1 Å². The van der Waals surface area contributed by atoms with E-state index < -0.39 is 17.7 Å². The maximum absolute atomic E-state index is 13.6. The number of aromatic nitrogens is 2. The second-order valence-corrected chi connectivity index (χ2v) is 8.10. The second kappa shape index (κ2) is 9.22. The van der Waals surface area contributed by atoms with Crippen molar-refractivity contribution >= 4 is 17.5 Å². The predicted octanol–water partition coefficient (Wildman–Crippen LogP) is 4.50. The molecule has 4 rings (SSSR count). The Balaban J connectivity index is 1.32. The summed E-state index contributed by atoms with van der Waals surface area (Å²) in [5.41, 5.74) is 0.420. The number of hydrogen-bond acceptors (Lipinski definition) is 5. The van der Waals surface area contributed by atoms with Crippen LogP contribution in [-0.2, 0) is 9.63 Å². The normalized spacial score (nSPS) is 24.1. The Morgan fingerprint density at radius 2 is 1.83 bits per heavy atom. The molecule has 9 heteroatoms. The number of halogens is 3. The van der Waals surface area contributed by atoms with Crippen LogP contribution in [0.2, 0.25) is 5.15 Å². The number of carbonyl (C=O) groups is 1. The summed E-state index contributed by atoms with van der Waals surface area (Å²) in [6.07, 6.45) is 4.96. The standard InChI is InChI=1S/C21H22ClF2N3O3/c22-19-10-20(26-12-25-19)29-11-13-1-3-14(4-2-13)21(28)27-18(5-6-30-27)15-7-16(23)9-17(24)8-15/h7-10,12-14,18H,1-6,11H2/t13?,14?,18-/m0/s1. The van der Waals surface area contributed by atoms with Crippen molar-refractivity contribution in [3.63, 3.8) is 0 Å². The van der Waals surface area contributed by atoms with E-state index in [2.05, 4.69) is 9.97 Å². The quantitative estimate of drug-likeness (QED) is 0.644. The fraction of sp³-hybridized carbons (Fsp3) is 0.476. The molecular formula is C21H22ClF2N3O3. The van der Waals surface area contributed by atoms with Crippen molar-refractivity contribution in [3.05, 3.63) is 52.9 Å². The summed E-state index contributed by atoms with van der Waals surface area (Å²) in [5, 5.41) is 1.64. The van der Waals surface area contributed by atoms with Crippen LogP contribution >= 0.6 is 11.6 Å². The predicted molar refractivity (Wildman–Crippen MR) is 104 cm³/mol. The van der Waals surface area contributed by atoms with Crippen molar-refractivity contribution < 1.29 is 23.1 Å². The molecule has 1 saturated carbocycles. The van der Waals surface area contributed by atoms with Gasteiger partial charge in [0, 0.05) is 24.5 Å². The maximum Gasteiger partial charge on any atom is 0.249 e. The van der Waals surface area contributed by atoms with E-state index in [1.807, 2.05) is 0 Å². The van der Waals surface area contributed by atoms with Crippen LogP contribution < -0.4 is 4.74 Å². The average molecular weight is 438 g/mol. The van der Waals surface area contributed by atoms with Crippen LogP contribution in [0.3, 0.4) is 0 Å². The Kier molecular flexibility index (Phi) is 6.43. The first-order chi connectivity index (χ1) is 14.5. The van der Waals surface area contributed by atoms with Gasteiger partial charge >= 0.3 is 0 Å². The first-order valence-electron chi connectivity index (χ1n) is 10.0. The van der Waals surface area contributed by atoms with Gasteiger partial charge in [0.25, 0.3) is 0 Å². The minimum Gasteiger partial charge on any atom is -0.477 e. The molecule has 2 aliphatic rings. The van der Waals surface area contributed by atoms with E-state index in [0.29, 0.717) is 55.0 Å². The van der Waals surface area contributed by atoms with Gasteiger partial charge in [0.2, 0.25) is 11.8 Å². The van der Waals surface area contributed by atoms with E-state index in [4.69, 9.17) is 21.2 Å². The molecule has 1 amide bonds. The van der Waals surface area contributed by atoms with Gasteiger partial charge in [-0.25, -0.2) is 23.8 Å². The van der Waals surface area contributed by atoms with Crippen molar-refractivity contribution in [2.45, 2.75) is 38.1 Å². The molecule has 2 aromatic rings. The van der Waals surface area contributed by atoms with Crippen LogP contribution in [0.25, 0.3) is 0 Å². The molecule has 1 atom stereocenters. The molecule has 0 spiro atoms. The third-order valence-electron chi connectivity index (χ3n) is 5.66. The minimum atomic E-state index is -0.658. The lowest BCUT2D eigenvalue weighted by Gasteiger charge is -2.31. The molecule has 1 aliphatic carbocycles. The number of ether oxygens (including phenoxy) is 1. The van der Waals surface area contributed by atoms with Gasteiger partial charge in [-0.05, 0) is 49.3 Å². The summed E-state index contributed by atoms with van der Waals surface area (Å²) in [6.45, 7) is 0.846. The van der Waals surface area contributed by atoms with E-state index in [1.165, 1.54) is 23.5 Å². The van der Waals surface area contributed by atoms with E-state index in [0.717, 1.165) is 18.9 Å². The molecule has 1 aromatic carbocycles. The van der Waals surface area contributed by atoms with Gasteiger partial charge in [0.15, 0.2) is 0 Å². The molecule has 1 saturated heterocycles. The van der Waals surface area contributed by atoms with Crippen molar-refractivity contribution in [2.75, 3.05) is 13.2 Å². The number of hydrogen-bond donors (Lipinski definition) is 0. The molecule has 0 unspecified atom stereocenters. The van der Waals surface area contributed by atoms with E-state index in [-0.39, 0.29) is 11.8 Å². The molecule has 2 heterocycles. The van der Waals surface area contributed by atoms with E-state index >= 15 is 0 Å². The molecule has 160 valence electrons. The third-order valence-corrected chi connectivity index (χ3v) is 5.87. The van der Waals surface area contributed by atoms with E-state index in [1.54, 1.807) is 6.07 Å². The zero-order chi connectivity index (χ0) is 21.1. The number of carbonyl (C=O) groups excluding carboxylic acids is 1. The van der Waals surface area contributed by atoms with Crippen molar-refractivity contribution in [2.24, 2.45) is 11.8 Å². The minimum absolute atomic E-state index is 0.121. The highest BCUT2D eigenvalue weighted by molar-refractivity contribution is 6.29. The summed E-state index contributed by atoms with van der Waals surface area (Å²) >= 11 is 5.83. The van der Waals surface area contributed by atoms with Gasteiger partial charge in [-0.15, -0.1) is 0 Å². The van der Waals surface area contributed by atoms with Gasteiger partial charge < -0.3 is 4.74 Å². The molecule has 30 heavy (non-hydrogen) atoms. The highest BCUT2D eigenvalue weighted by Crippen LogP contribution is 2.36. The Labute approximate surface area is 178 Å². The molecule has 0 N–H and O–H groups in total. The van der Waals surface area contributed by atoms with Crippen molar-refractivity contribution in [1.82, 2.24) is 15.0 Å². The monoisotopic (exact) mass is 437 g/mol. The lowest BCUT2D eigenvalue weighted by atomic mass is 9.81. The first kappa shape index (κ1) is 20.9. The lowest BCUT2D eigenvalue weighted by Crippen LogP contribution is -2.37. The highest BCUT2D eigenvalue weighted by atomic mass is 35.5. The van der Waals surface area contributed by atoms with Crippen LogP contribution in [0, 0.1) is 23.5 Å². The number of nitrogens with zero attached hydrogens (tertiary/aromatic N) is 3. The average Bonchev–Trinajstić information content (AvgIpc) is 3.21. The Bertz CT molecular complexity index is 889. The smallest absolute Gasteiger partial charge is 0.249 e. The Morgan fingerprint density at radius 3 is 2.53 bits per heavy atom. The van der Waals surface area contributed by atoms with Crippen molar-refractivity contribution in [1.29, 1.82) is 0 Å². The lowest BCUT2D eigenvalue weighted by molar-refractivity contribution is -0.183. The summed E-state index contributed by atoms with van der Waals surface area (Å²) in [4.78, 5) is 26.4. The number of rotatable bonds is 5. The van der Waals surface area contributed by atoms with Crippen molar-refractivity contribution in [3.8, 4) is 5.88 Å². The van der Waals surface area contributed by atoms with E-state index in [9.17, 15) is 13.6 Å². The molecule has 1 aliphatic heterocycles. The number of hydroxylamine groups is 2. The number of amides is 1. The molecular weight excluding hydrogens is 416 g/mol. The van der Waals surface area contributed by atoms with Crippen LogP contribution in [0.5, 0.6) is 5.88 Å². The third kappa shape index (κ3) is 4.87. The molecule has 1 aromatic heterocycles. The fourth-order valence-electron chi connectivity index (χ4n) is 4.11. The molecule has 0 bridgehead atoms.